The first kappa shape index (κ1) is 44.6. The number of piperidine rings is 2. The maximum Gasteiger partial charge on any atom is 0.255 e. The second-order valence-electron chi connectivity index (χ2n) is 18.3. The Morgan fingerprint density at radius 2 is 1.68 bits per heavy atom. The van der Waals surface area contributed by atoms with Crippen LogP contribution in [0.25, 0.3) is 11.1 Å². The van der Waals surface area contributed by atoms with Crippen molar-refractivity contribution in [1.29, 1.82) is 0 Å². The van der Waals surface area contributed by atoms with Crippen molar-refractivity contribution in [2.45, 2.75) is 94.3 Å². The molecule has 5 heterocycles. The molecule has 342 valence electrons. The molecule has 3 fully saturated rings. The Morgan fingerprint density at radius 3 is 2.46 bits per heavy atom. The summed E-state index contributed by atoms with van der Waals surface area (Å²) in [5, 5.41) is 19.2. The van der Waals surface area contributed by atoms with Gasteiger partial charge in [0.2, 0.25) is 27.7 Å². The van der Waals surface area contributed by atoms with Crippen LogP contribution in [0, 0.1) is 18.8 Å². The molecule has 4 aromatic carbocycles. The van der Waals surface area contributed by atoms with Gasteiger partial charge in [-0.25, -0.2) is 8.42 Å². The summed E-state index contributed by atoms with van der Waals surface area (Å²) in [5.41, 5.74) is 6.56. The number of hydrogen-bond donors (Lipinski definition) is 4. The molecule has 0 radical (unpaired) electrons. The molecule has 0 aromatic heterocycles. The fourth-order valence-electron chi connectivity index (χ4n) is 10.5. The monoisotopic (exact) mass is 902 g/mol. The van der Waals surface area contributed by atoms with Gasteiger partial charge in [-0.15, -0.1) is 0 Å². The van der Waals surface area contributed by atoms with E-state index in [1.165, 1.54) is 0 Å². The van der Waals surface area contributed by atoms with Gasteiger partial charge in [0.25, 0.3) is 5.91 Å². The van der Waals surface area contributed by atoms with Gasteiger partial charge in [-0.3, -0.25) is 24.5 Å². The van der Waals surface area contributed by atoms with Crippen molar-refractivity contribution in [3.63, 3.8) is 0 Å². The summed E-state index contributed by atoms with van der Waals surface area (Å²) < 4.78 is 35.9. The molecule has 5 aliphatic heterocycles. The molecule has 65 heavy (non-hydrogen) atoms. The second kappa shape index (κ2) is 19.1. The van der Waals surface area contributed by atoms with Crippen LogP contribution in [0.1, 0.15) is 90.9 Å². The fourth-order valence-corrected chi connectivity index (χ4v) is 12.2. The number of ether oxygens (including phenoxy) is 1. The highest BCUT2D eigenvalue weighted by Gasteiger charge is 2.48. The van der Waals surface area contributed by atoms with E-state index in [1.54, 1.807) is 27.4 Å². The van der Waals surface area contributed by atoms with Crippen molar-refractivity contribution in [2.75, 3.05) is 50.0 Å². The maximum absolute atomic E-state index is 14.0. The highest BCUT2D eigenvalue weighted by atomic mass is 32.2. The van der Waals surface area contributed by atoms with Crippen molar-refractivity contribution in [2.24, 2.45) is 11.8 Å². The number of carbonyl (C=O) groups excluding carboxylic acids is 4. The minimum Gasteiger partial charge on any atom is -0.493 e. The average Bonchev–Trinajstić information content (AvgIpc) is 3.91. The molecule has 4 aromatic rings. The SMILES string of the molecule is Cc1ccc(S(=O)(=O)N2CC[C@@H]3[C@H](CO)Nc4ccc(-c5cccc(NC(=O)CCCN6CCC(CCCOc7cccc8c7CN(C7CCC(=O)NC7=O)C8=O)CC6)c5)cc4[C@@H]32)cc1. The summed E-state index contributed by atoms with van der Waals surface area (Å²) in [5.74, 6) is 0.218. The topological polar surface area (TPSA) is 178 Å². The van der Waals surface area contributed by atoms with Gasteiger partial charge in [0.15, 0.2) is 0 Å². The molecule has 5 aliphatic rings. The normalized spacial score (nSPS) is 22.5. The molecule has 0 saturated carbocycles. The smallest absolute Gasteiger partial charge is 0.255 e. The second-order valence-corrected chi connectivity index (χ2v) is 20.1. The number of carbonyl (C=O) groups is 4. The molecule has 0 bridgehead atoms. The van der Waals surface area contributed by atoms with Crippen LogP contribution in [0.2, 0.25) is 0 Å². The molecule has 0 spiro atoms. The molecular formula is C50H58N6O8S. The van der Waals surface area contributed by atoms with Gasteiger partial charge < -0.3 is 30.3 Å². The van der Waals surface area contributed by atoms with Gasteiger partial charge in [-0.05, 0) is 143 Å². The summed E-state index contributed by atoms with van der Waals surface area (Å²) in [7, 11) is -3.79. The number of likely N-dealkylation sites (tertiary alicyclic amines) is 1. The first-order chi connectivity index (χ1) is 31.5. The Labute approximate surface area is 380 Å². The van der Waals surface area contributed by atoms with E-state index in [-0.39, 0.29) is 47.6 Å². The lowest BCUT2D eigenvalue weighted by molar-refractivity contribution is -0.137. The van der Waals surface area contributed by atoms with Crippen molar-refractivity contribution < 1.29 is 37.4 Å². The number of fused-ring (bicyclic) bond motifs is 4. The third-order valence-corrected chi connectivity index (χ3v) is 16.0. The molecule has 15 heteroatoms. The highest BCUT2D eigenvalue weighted by Crippen LogP contribution is 2.49. The van der Waals surface area contributed by atoms with E-state index < -0.39 is 28.0 Å². The number of benzene rings is 4. The van der Waals surface area contributed by atoms with Crippen molar-refractivity contribution in [3.8, 4) is 16.9 Å². The number of amides is 4. The molecule has 4 atom stereocenters. The van der Waals surface area contributed by atoms with Crippen LogP contribution in [0.15, 0.2) is 89.8 Å². The van der Waals surface area contributed by atoms with Crippen molar-refractivity contribution in [1.82, 2.24) is 19.4 Å². The standard InChI is InChI=1S/C50H58N6O8S/c1-32-12-15-37(16-13-32)65(62,63)56-26-22-39-43(31-57)52-42-17-14-35(29-40(42)48(39)56)34-7-2-8-36(28-34)51-46(58)11-4-23-54-24-20-33(21-25-54)6-5-27-64-45-10-3-9-38-41(45)30-55(50(38)61)44-18-19-47(59)53-49(44)60/h2-3,7-10,12-17,28-29,33,39,43-44,48,52,57H,4-6,11,18-27,30-31H2,1H3,(H,51,58)(H,53,59,60)/t39-,43+,44?,48-/m1/s1. The van der Waals surface area contributed by atoms with E-state index in [0.29, 0.717) is 61.9 Å². The van der Waals surface area contributed by atoms with Crippen LogP contribution < -0.4 is 20.7 Å². The van der Waals surface area contributed by atoms with E-state index >= 15 is 0 Å². The number of anilines is 2. The third-order valence-electron chi connectivity index (χ3n) is 14.1. The number of nitrogens with zero attached hydrogens (tertiary/aromatic N) is 3. The van der Waals surface area contributed by atoms with Crippen LogP contribution in [-0.4, -0.2) is 103 Å². The molecular weight excluding hydrogens is 845 g/mol. The van der Waals surface area contributed by atoms with E-state index in [2.05, 4.69) is 26.9 Å². The number of rotatable bonds is 15. The van der Waals surface area contributed by atoms with Crippen LogP contribution >= 0.6 is 0 Å². The minimum atomic E-state index is -3.79. The lowest BCUT2D eigenvalue weighted by Gasteiger charge is -2.39. The van der Waals surface area contributed by atoms with Crippen molar-refractivity contribution in [3.05, 3.63) is 107 Å². The summed E-state index contributed by atoms with van der Waals surface area (Å²) in [6.07, 6.45) is 6.48. The van der Waals surface area contributed by atoms with E-state index in [9.17, 15) is 32.7 Å². The van der Waals surface area contributed by atoms with Crippen LogP contribution in [0.3, 0.4) is 0 Å². The fraction of sp³-hybridized carbons (Fsp3) is 0.440. The Hall–Kier alpha value is -5.61. The number of aliphatic hydroxyl groups excluding tert-OH is 1. The maximum atomic E-state index is 14.0. The predicted octanol–water partition coefficient (Wildman–Crippen LogP) is 6.25. The lowest BCUT2D eigenvalue weighted by atomic mass is 9.82. The van der Waals surface area contributed by atoms with Gasteiger partial charge >= 0.3 is 0 Å². The molecule has 1 unspecified atom stereocenters. The Kier molecular flexibility index (Phi) is 13.1. The minimum absolute atomic E-state index is 0.0374. The zero-order valence-corrected chi connectivity index (χ0v) is 37.7. The average molecular weight is 903 g/mol. The summed E-state index contributed by atoms with van der Waals surface area (Å²) in [6, 6.07) is 24.8. The van der Waals surface area contributed by atoms with E-state index in [1.807, 2.05) is 67.6 Å². The number of sulfonamides is 1. The van der Waals surface area contributed by atoms with Gasteiger partial charge in [0, 0.05) is 47.8 Å². The number of imide groups is 1. The Balaban J connectivity index is 0.727. The van der Waals surface area contributed by atoms with Gasteiger partial charge in [0.05, 0.1) is 36.7 Å². The largest absolute Gasteiger partial charge is 0.493 e. The summed E-state index contributed by atoms with van der Waals surface area (Å²) in [4.78, 5) is 54.7. The zero-order chi connectivity index (χ0) is 45.2. The molecule has 9 rings (SSSR count). The van der Waals surface area contributed by atoms with Gasteiger partial charge in [-0.1, -0.05) is 42.0 Å². The molecule has 4 amide bonds. The molecule has 4 N–H and O–H groups in total. The first-order valence-corrected chi connectivity index (χ1v) is 24.5. The lowest BCUT2D eigenvalue weighted by Crippen LogP contribution is -2.52. The number of nitrogens with one attached hydrogen (secondary N) is 3. The number of aliphatic hydroxyl groups is 1. The first-order valence-electron chi connectivity index (χ1n) is 23.1. The van der Waals surface area contributed by atoms with Crippen molar-refractivity contribution >= 4 is 45.0 Å². The molecule has 14 nitrogen and oxygen atoms in total. The van der Waals surface area contributed by atoms with E-state index in [0.717, 1.165) is 85.2 Å². The van der Waals surface area contributed by atoms with Gasteiger partial charge in [-0.2, -0.15) is 4.31 Å². The summed E-state index contributed by atoms with van der Waals surface area (Å²) in [6.45, 7) is 5.88. The highest BCUT2D eigenvalue weighted by molar-refractivity contribution is 7.89. The number of aryl methyl sites for hydroxylation is 1. The zero-order valence-electron chi connectivity index (χ0n) is 36.8. The third kappa shape index (κ3) is 9.42. The summed E-state index contributed by atoms with van der Waals surface area (Å²) >= 11 is 0. The predicted molar refractivity (Wildman–Crippen MR) is 247 cm³/mol. The van der Waals surface area contributed by atoms with Crippen LogP contribution in [0.4, 0.5) is 11.4 Å². The molecule has 0 aliphatic carbocycles. The quantitative estimate of drug-likeness (QED) is 0.0788. The van der Waals surface area contributed by atoms with Crippen LogP contribution in [-0.2, 0) is 31.0 Å². The molecule has 3 saturated heterocycles. The van der Waals surface area contributed by atoms with E-state index in [4.69, 9.17) is 4.74 Å². The van der Waals surface area contributed by atoms with Crippen LogP contribution in [0.5, 0.6) is 5.75 Å². The van der Waals surface area contributed by atoms with Gasteiger partial charge in [0.1, 0.15) is 11.8 Å². The number of hydrogen-bond acceptors (Lipinski definition) is 10. The Morgan fingerprint density at radius 1 is 0.892 bits per heavy atom. The Bertz CT molecular complexity index is 2560.